The Hall–Kier alpha value is -0.670. The molecule has 1 atom stereocenters. The zero-order chi connectivity index (χ0) is 10.7. The lowest BCUT2D eigenvalue weighted by Gasteiger charge is -2.08. The van der Waals surface area contributed by atoms with E-state index in [4.69, 9.17) is 16.7 Å². The zero-order valence-electron chi connectivity index (χ0n) is 7.95. The van der Waals surface area contributed by atoms with E-state index in [2.05, 4.69) is 0 Å². The van der Waals surface area contributed by atoms with Gasteiger partial charge in [0.2, 0.25) is 0 Å². The van der Waals surface area contributed by atoms with Crippen LogP contribution in [0.4, 0.5) is 0 Å². The molecule has 1 rings (SSSR count). The van der Waals surface area contributed by atoms with Crippen LogP contribution in [0.1, 0.15) is 18.4 Å². The minimum atomic E-state index is -0.834. The van der Waals surface area contributed by atoms with E-state index < -0.39 is 11.9 Å². The van der Waals surface area contributed by atoms with Gasteiger partial charge in [0.25, 0.3) is 0 Å². The number of carboxylic acids is 1. The topological polar surface area (TPSA) is 37.3 Å². The van der Waals surface area contributed by atoms with Crippen LogP contribution in [0.25, 0.3) is 0 Å². The van der Waals surface area contributed by atoms with Crippen LogP contribution in [0.2, 0.25) is 5.02 Å². The van der Waals surface area contributed by atoms with Gasteiger partial charge in [0.15, 0.2) is 0 Å². The number of hydrogen-bond donors (Lipinski definition) is 1. The highest BCUT2D eigenvalue weighted by Crippen LogP contribution is 2.26. The van der Waals surface area contributed by atoms with Gasteiger partial charge in [-0.25, -0.2) is 0 Å². The summed E-state index contributed by atoms with van der Waals surface area (Å²) < 4.78 is 0. The fourth-order valence-corrected chi connectivity index (χ4v) is 1.90. The predicted octanol–water partition coefficient (Wildman–Crippen LogP) is 3.25. The fraction of sp³-hybridized carbons (Fsp3) is 0.300. The van der Waals surface area contributed by atoms with Crippen LogP contribution in [0, 0.1) is 0 Å². The summed E-state index contributed by atoms with van der Waals surface area (Å²) >= 11 is 7.42. The average Bonchev–Trinajstić information content (AvgIpc) is 2.15. The molecule has 0 saturated carbocycles. The summed E-state index contributed by atoms with van der Waals surface area (Å²) in [5, 5.41) is 9.42. The summed E-state index contributed by atoms with van der Waals surface area (Å²) in [5.41, 5.74) is 0.745. The molecule has 0 aliphatic heterocycles. The van der Waals surface area contributed by atoms with Gasteiger partial charge >= 0.3 is 5.97 Å². The Labute approximate surface area is 92.3 Å². The van der Waals surface area contributed by atoms with Crippen LogP contribution in [0.15, 0.2) is 23.1 Å². The quantitative estimate of drug-likeness (QED) is 0.810. The van der Waals surface area contributed by atoms with Gasteiger partial charge in [-0.2, -0.15) is 0 Å². The summed E-state index contributed by atoms with van der Waals surface area (Å²) in [6.45, 7) is 1.65. The monoisotopic (exact) mass is 230 g/mol. The molecule has 14 heavy (non-hydrogen) atoms. The molecular weight excluding hydrogens is 220 g/mol. The predicted molar refractivity (Wildman–Crippen MR) is 59.3 cm³/mol. The number of halogens is 1. The van der Waals surface area contributed by atoms with E-state index in [1.165, 1.54) is 0 Å². The molecule has 4 heteroatoms. The second-order valence-corrected chi connectivity index (χ2v) is 4.30. The molecular formula is C10H11ClO2S. The van der Waals surface area contributed by atoms with E-state index in [1.807, 2.05) is 18.4 Å². The molecule has 0 aliphatic carbocycles. The highest BCUT2D eigenvalue weighted by Gasteiger charge is 2.14. The molecule has 0 saturated heterocycles. The molecule has 0 spiro atoms. The molecule has 0 aromatic heterocycles. The molecule has 0 fully saturated rings. The van der Waals surface area contributed by atoms with Gasteiger partial charge in [0.05, 0.1) is 5.92 Å². The van der Waals surface area contributed by atoms with Crippen molar-refractivity contribution in [3.8, 4) is 0 Å². The molecule has 0 amide bonds. The number of hydrogen-bond acceptors (Lipinski definition) is 2. The normalized spacial score (nSPS) is 12.5. The Morgan fingerprint density at radius 1 is 1.50 bits per heavy atom. The molecule has 2 nitrogen and oxygen atoms in total. The molecule has 0 heterocycles. The van der Waals surface area contributed by atoms with E-state index in [-0.39, 0.29) is 0 Å². The molecule has 1 aromatic carbocycles. The zero-order valence-corrected chi connectivity index (χ0v) is 9.52. The number of aliphatic carboxylic acids is 1. The fourth-order valence-electron chi connectivity index (χ4n) is 1.09. The van der Waals surface area contributed by atoms with Crippen LogP contribution in [0.5, 0.6) is 0 Å². The van der Waals surface area contributed by atoms with Crippen molar-refractivity contribution in [1.29, 1.82) is 0 Å². The summed E-state index contributed by atoms with van der Waals surface area (Å²) in [7, 11) is 0. The Kier molecular flexibility index (Phi) is 3.84. The SMILES string of the molecule is CSc1cc(Cl)cc(C(C)C(=O)O)c1. The highest BCUT2D eigenvalue weighted by molar-refractivity contribution is 7.98. The molecule has 76 valence electrons. The largest absolute Gasteiger partial charge is 0.481 e. The number of carboxylic acid groups (broad SMARTS) is 1. The van der Waals surface area contributed by atoms with Gasteiger partial charge in [-0.05, 0) is 36.9 Å². The van der Waals surface area contributed by atoms with Gasteiger partial charge in [-0.1, -0.05) is 11.6 Å². The van der Waals surface area contributed by atoms with E-state index in [0.717, 1.165) is 10.5 Å². The van der Waals surface area contributed by atoms with Crippen molar-refractivity contribution >= 4 is 29.3 Å². The molecule has 1 aromatic rings. The Morgan fingerprint density at radius 3 is 2.64 bits per heavy atom. The van der Waals surface area contributed by atoms with Crippen molar-refractivity contribution in [3.63, 3.8) is 0 Å². The minimum absolute atomic E-state index is 0.514. The van der Waals surface area contributed by atoms with E-state index in [1.54, 1.807) is 24.8 Å². The third kappa shape index (κ3) is 2.66. The first-order chi connectivity index (χ1) is 6.54. The van der Waals surface area contributed by atoms with Gasteiger partial charge < -0.3 is 5.11 Å². The lowest BCUT2D eigenvalue weighted by molar-refractivity contribution is -0.138. The standard InChI is InChI=1S/C10H11ClO2S/c1-6(10(12)13)7-3-8(11)5-9(4-7)14-2/h3-6H,1-2H3,(H,12,13). The Balaban J connectivity index is 3.08. The first-order valence-electron chi connectivity index (χ1n) is 4.12. The van der Waals surface area contributed by atoms with Crippen LogP contribution in [-0.4, -0.2) is 17.3 Å². The van der Waals surface area contributed by atoms with Crippen LogP contribution < -0.4 is 0 Å². The Morgan fingerprint density at radius 2 is 2.14 bits per heavy atom. The van der Waals surface area contributed by atoms with Crippen molar-refractivity contribution in [1.82, 2.24) is 0 Å². The summed E-state index contributed by atoms with van der Waals surface area (Å²) in [5.74, 6) is -1.35. The number of benzene rings is 1. The lowest BCUT2D eigenvalue weighted by atomic mass is 10.0. The van der Waals surface area contributed by atoms with Gasteiger partial charge in [-0.3, -0.25) is 4.79 Å². The van der Waals surface area contributed by atoms with Crippen molar-refractivity contribution in [2.75, 3.05) is 6.26 Å². The maximum atomic E-state index is 10.8. The van der Waals surface area contributed by atoms with Crippen molar-refractivity contribution in [2.45, 2.75) is 17.7 Å². The smallest absolute Gasteiger partial charge is 0.310 e. The Bertz CT molecular complexity index is 352. The number of carbonyl (C=O) groups is 1. The van der Waals surface area contributed by atoms with Crippen LogP contribution in [-0.2, 0) is 4.79 Å². The maximum absolute atomic E-state index is 10.8. The summed E-state index contributed by atoms with van der Waals surface area (Å²) in [6, 6.07) is 5.37. The second kappa shape index (κ2) is 4.71. The lowest BCUT2D eigenvalue weighted by Crippen LogP contribution is -2.07. The molecule has 0 bridgehead atoms. The summed E-state index contributed by atoms with van der Waals surface area (Å²) in [4.78, 5) is 11.7. The van der Waals surface area contributed by atoms with Crippen LogP contribution >= 0.6 is 23.4 Å². The molecule has 1 N–H and O–H groups in total. The molecule has 0 aliphatic rings. The van der Waals surface area contributed by atoms with Crippen molar-refractivity contribution < 1.29 is 9.90 Å². The van der Waals surface area contributed by atoms with Gasteiger partial charge in [-0.15, -0.1) is 11.8 Å². The third-order valence-corrected chi connectivity index (χ3v) is 2.93. The second-order valence-electron chi connectivity index (χ2n) is 2.98. The first-order valence-corrected chi connectivity index (χ1v) is 5.72. The minimum Gasteiger partial charge on any atom is -0.481 e. The number of rotatable bonds is 3. The van der Waals surface area contributed by atoms with Crippen LogP contribution in [0.3, 0.4) is 0 Å². The average molecular weight is 231 g/mol. The van der Waals surface area contributed by atoms with Crippen molar-refractivity contribution in [2.24, 2.45) is 0 Å². The number of thioether (sulfide) groups is 1. The van der Waals surface area contributed by atoms with E-state index in [9.17, 15) is 4.79 Å². The van der Waals surface area contributed by atoms with Gasteiger partial charge in [0, 0.05) is 9.92 Å². The van der Waals surface area contributed by atoms with E-state index in [0.29, 0.717) is 5.02 Å². The molecule has 1 unspecified atom stereocenters. The van der Waals surface area contributed by atoms with Gasteiger partial charge in [0.1, 0.15) is 0 Å². The highest BCUT2D eigenvalue weighted by atomic mass is 35.5. The third-order valence-electron chi connectivity index (χ3n) is 2.00. The van der Waals surface area contributed by atoms with Crippen molar-refractivity contribution in [3.05, 3.63) is 28.8 Å². The first kappa shape index (κ1) is 11.4. The summed E-state index contributed by atoms with van der Waals surface area (Å²) in [6.07, 6.45) is 1.93. The molecule has 0 radical (unpaired) electrons. The van der Waals surface area contributed by atoms with E-state index >= 15 is 0 Å². The maximum Gasteiger partial charge on any atom is 0.310 e.